The number of hydrogen-bond acceptors (Lipinski definition) is 5. The van der Waals surface area contributed by atoms with Crippen molar-refractivity contribution in [2.24, 2.45) is 0 Å². The smallest absolute Gasteiger partial charge is 0.251 e. The topological polar surface area (TPSA) is 113 Å². The molecule has 9 heteroatoms. The van der Waals surface area contributed by atoms with E-state index in [4.69, 9.17) is 16.6 Å². The van der Waals surface area contributed by atoms with Gasteiger partial charge in [0.05, 0.1) is 18.3 Å². The summed E-state index contributed by atoms with van der Waals surface area (Å²) in [6, 6.07) is 14.3. The van der Waals surface area contributed by atoms with Crippen LogP contribution in [-0.4, -0.2) is 33.1 Å². The summed E-state index contributed by atoms with van der Waals surface area (Å²) in [5.74, 6) is -0.272. The first-order valence-corrected chi connectivity index (χ1v) is 10.9. The molecule has 8 nitrogen and oxygen atoms in total. The number of nitrogens with one attached hydrogen (secondary N) is 2. The van der Waals surface area contributed by atoms with E-state index in [9.17, 15) is 14.9 Å². The van der Waals surface area contributed by atoms with Crippen LogP contribution in [0.4, 0.5) is 5.82 Å². The first-order chi connectivity index (χ1) is 16.3. The molecule has 4 aromatic rings. The monoisotopic (exact) mass is 472 g/mol. The second-order valence-electron chi connectivity index (χ2n) is 7.94. The van der Waals surface area contributed by atoms with Gasteiger partial charge in [-0.2, -0.15) is 15.0 Å². The van der Waals surface area contributed by atoms with Crippen molar-refractivity contribution in [3.05, 3.63) is 81.5 Å². The molecule has 0 bridgehead atoms. The molecule has 0 aliphatic carbocycles. The predicted octanol–water partition coefficient (Wildman–Crippen LogP) is 4.24. The number of halogens is 1. The Balaban J connectivity index is 1.59. The van der Waals surface area contributed by atoms with Crippen molar-refractivity contribution in [1.29, 1.82) is 5.26 Å². The molecule has 0 unspecified atom stereocenters. The van der Waals surface area contributed by atoms with Crippen molar-refractivity contribution >= 4 is 40.1 Å². The van der Waals surface area contributed by atoms with E-state index in [2.05, 4.69) is 27.9 Å². The SMILES string of the molecule is Cc1cc(C)c2nc(-n3ncc(C#N)c3NC(=O)CNC(=O)c3ccc(Cl)cc3)cc(C)c2c1. The Bertz CT molecular complexity index is 1470. The van der Waals surface area contributed by atoms with E-state index >= 15 is 0 Å². The number of aryl methyl sites for hydroxylation is 3. The highest BCUT2D eigenvalue weighted by Gasteiger charge is 2.18. The fourth-order valence-electron chi connectivity index (χ4n) is 3.70. The fraction of sp³-hybridized carbons (Fsp3) is 0.160. The van der Waals surface area contributed by atoms with Crippen molar-refractivity contribution in [3.63, 3.8) is 0 Å². The Morgan fingerprint density at radius 2 is 1.82 bits per heavy atom. The first kappa shape index (κ1) is 23.0. The molecule has 2 N–H and O–H groups in total. The summed E-state index contributed by atoms with van der Waals surface area (Å²) in [5, 5.41) is 20.6. The summed E-state index contributed by atoms with van der Waals surface area (Å²) in [5.41, 5.74) is 4.53. The standard InChI is InChI=1S/C25H21ClN6O2/c1-14-8-16(3)23-20(9-14)15(2)10-21(30-23)32-24(18(11-27)12-29-32)31-22(33)13-28-25(34)17-4-6-19(26)7-5-17/h4-10,12H,13H2,1-3H3,(H,28,34)(H,31,33). The first-order valence-electron chi connectivity index (χ1n) is 10.5. The molecule has 34 heavy (non-hydrogen) atoms. The van der Waals surface area contributed by atoms with Gasteiger partial charge in [-0.15, -0.1) is 0 Å². The average Bonchev–Trinajstić information content (AvgIpc) is 3.21. The lowest BCUT2D eigenvalue weighted by Crippen LogP contribution is -2.33. The second-order valence-corrected chi connectivity index (χ2v) is 8.38. The summed E-state index contributed by atoms with van der Waals surface area (Å²) < 4.78 is 1.42. The average molecular weight is 473 g/mol. The molecular weight excluding hydrogens is 452 g/mol. The van der Waals surface area contributed by atoms with Crippen molar-refractivity contribution in [3.8, 4) is 11.9 Å². The van der Waals surface area contributed by atoms with Crippen LogP contribution in [0.25, 0.3) is 16.7 Å². The largest absolute Gasteiger partial charge is 0.343 e. The zero-order valence-corrected chi connectivity index (χ0v) is 19.6. The molecule has 2 aromatic heterocycles. The fourth-order valence-corrected chi connectivity index (χ4v) is 3.83. The molecule has 2 aromatic carbocycles. The van der Waals surface area contributed by atoms with E-state index in [0.717, 1.165) is 27.6 Å². The zero-order chi connectivity index (χ0) is 24.4. The van der Waals surface area contributed by atoms with Gasteiger partial charge in [0.2, 0.25) is 5.91 Å². The predicted molar refractivity (Wildman–Crippen MR) is 130 cm³/mol. The number of amides is 2. The maximum absolute atomic E-state index is 12.6. The molecule has 0 aliphatic heterocycles. The van der Waals surface area contributed by atoms with E-state index in [1.165, 1.54) is 10.9 Å². The lowest BCUT2D eigenvalue weighted by atomic mass is 10.0. The third kappa shape index (κ3) is 4.60. The highest BCUT2D eigenvalue weighted by Crippen LogP contribution is 2.26. The number of aromatic nitrogens is 3. The number of benzene rings is 2. The highest BCUT2D eigenvalue weighted by atomic mass is 35.5. The van der Waals surface area contributed by atoms with Crippen LogP contribution in [-0.2, 0) is 4.79 Å². The van der Waals surface area contributed by atoms with E-state index < -0.39 is 11.8 Å². The number of rotatable bonds is 5. The Morgan fingerprint density at radius 3 is 2.53 bits per heavy atom. The summed E-state index contributed by atoms with van der Waals surface area (Å²) in [6.07, 6.45) is 1.37. The van der Waals surface area contributed by atoms with Crippen molar-refractivity contribution in [1.82, 2.24) is 20.1 Å². The summed E-state index contributed by atoms with van der Waals surface area (Å²) in [4.78, 5) is 29.6. The van der Waals surface area contributed by atoms with Crippen LogP contribution in [0.2, 0.25) is 5.02 Å². The molecule has 170 valence electrons. The zero-order valence-electron chi connectivity index (χ0n) is 18.8. The molecule has 2 amide bonds. The number of carbonyl (C=O) groups is 2. The minimum atomic E-state index is -0.509. The normalized spacial score (nSPS) is 10.7. The molecule has 0 saturated carbocycles. The number of anilines is 1. The van der Waals surface area contributed by atoms with E-state index in [-0.39, 0.29) is 17.9 Å². The molecule has 0 spiro atoms. The Morgan fingerprint density at radius 1 is 1.09 bits per heavy atom. The summed E-state index contributed by atoms with van der Waals surface area (Å²) in [6.45, 7) is 5.71. The number of fused-ring (bicyclic) bond motifs is 1. The third-order valence-corrected chi connectivity index (χ3v) is 5.57. The van der Waals surface area contributed by atoms with Crippen molar-refractivity contribution < 1.29 is 9.59 Å². The van der Waals surface area contributed by atoms with Gasteiger partial charge < -0.3 is 10.6 Å². The van der Waals surface area contributed by atoms with Crippen LogP contribution >= 0.6 is 11.6 Å². The van der Waals surface area contributed by atoms with Gasteiger partial charge in [0.25, 0.3) is 5.91 Å². The Hall–Kier alpha value is -4.22. The van der Waals surface area contributed by atoms with Gasteiger partial charge in [-0.1, -0.05) is 23.2 Å². The van der Waals surface area contributed by atoms with Gasteiger partial charge in [0.1, 0.15) is 11.6 Å². The maximum atomic E-state index is 12.6. The summed E-state index contributed by atoms with van der Waals surface area (Å²) in [7, 11) is 0. The van der Waals surface area contributed by atoms with Gasteiger partial charge >= 0.3 is 0 Å². The number of hydrogen-bond donors (Lipinski definition) is 2. The molecule has 0 atom stereocenters. The Labute approximate surface area is 201 Å². The molecule has 4 rings (SSSR count). The minimum absolute atomic E-state index is 0.178. The maximum Gasteiger partial charge on any atom is 0.251 e. The van der Waals surface area contributed by atoms with Gasteiger partial charge in [-0.3, -0.25) is 9.59 Å². The molecule has 0 radical (unpaired) electrons. The van der Waals surface area contributed by atoms with Gasteiger partial charge in [0.15, 0.2) is 11.6 Å². The van der Waals surface area contributed by atoms with Crippen molar-refractivity contribution in [2.75, 3.05) is 11.9 Å². The van der Waals surface area contributed by atoms with Crippen LogP contribution in [0.15, 0.2) is 48.7 Å². The molecule has 2 heterocycles. The molecule has 0 aliphatic rings. The molecule has 0 fully saturated rings. The minimum Gasteiger partial charge on any atom is -0.343 e. The van der Waals surface area contributed by atoms with E-state index in [0.29, 0.717) is 16.4 Å². The van der Waals surface area contributed by atoms with Crippen LogP contribution in [0.5, 0.6) is 0 Å². The van der Waals surface area contributed by atoms with Crippen molar-refractivity contribution in [2.45, 2.75) is 20.8 Å². The second kappa shape index (κ2) is 9.33. The Kier molecular flexibility index (Phi) is 6.30. The number of carbonyl (C=O) groups excluding carboxylic acids is 2. The lowest BCUT2D eigenvalue weighted by molar-refractivity contribution is -0.115. The number of nitrogens with zero attached hydrogens (tertiary/aromatic N) is 4. The van der Waals surface area contributed by atoms with Gasteiger partial charge in [-0.05, 0) is 68.3 Å². The van der Waals surface area contributed by atoms with E-state index in [1.807, 2.05) is 32.9 Å². The summed E-state index contributed by atoms with van der Waals surface area (Å²) >= 11 is 5.84. The van der Waals surface area contributed by atoms with Crippen LogP contribution in [0.1, 0.15) is 32.6 Å². The van der Waals surface area contributed by atoms with Crippen LogP contribution in [0, 0.1) is 32.1 Å². The van der Waals surface area contributed by atoms with Crippen LogP contribution in [0.3, 0.4) is 0 Å². The number of pyridine rings is 1. The van der Waals surface area contributed by atoms with E-state index in [1.54, 1.807) is 24.3 Å². The number of nitriles is 1. The quantitative estimate of drug-likeness (QED) is 0.451. The third-order valence-electron chi connectivity index (χ3n) is 5.32. The molecular formula is C25H21ClN6O2. The molecule has 0 saturated heterocycles. The van der Waals surface area contributed by atoms with Crippen LogP contribution < -0.4 is 10.6 Å². The highest BCUT2D eigenvalue weighted by molar-refractivity contribution is 6.30. The van der Waals surface area contributed by atoms with Gasteiger partial charge in [0, 0.05) is 16.0 Å². The van der Waals surface area contributed by atoms with Gasteiger partial charge in [-0.25, -0.2) is 4.98 Å². The lowest BCUT2D eigenvalue weighted by Gasteiger charge is -2.13.